The lowest BCUT2D eigenvalue weighted by atomic mass is 9.90. The van der Waals surface area contributed by atoms with Gasteiger partial charge in [-0.25, -0.2) is 4.79 Å². The molecule has 1 aliphatic rings. The first kappa shape index (κ1) is 20.4. The van der Waals surface area contributed by atoms with Crippen LogP contribution in [0.1, 0.15) is 45.9 Å². The molecule has 1 aromatic carbocycles. The number of nitrogens with one attached hydrogen (secondary N) is 1. The second kappa shape index (κ2) is 7.95. The lowest BCUT2D eigenvalue weighted by molar-refractivity contribution is -0.137. The summed E-state index contributed by atoms with van der Waals surface area (Å²) in [5, 5.41) is 2.20. The van der Waals surface area contributed by atoms with E-state index in [0.717, 1.165) is 41.8 Å². The van der Waals surface area contributed by atoms with Crippen LogP contribution >= 0.6 is 11.3 Å². The summed E-state index contributed by atoms with van der Waals surface area (Å²) in [4.78, 5) is 26.2. The summed E-state index contributed by atoms with van der Waals surface area (Å²) in [7, 11) is 0. The highest BCUT2D eigenvalue weighted by molar-refractivity contribution is 7.14. The first-order valence-electron chi connectivity index (χ1n) is 8.94. The molecule has 28 heavy (non-hydrogen) atoms. The van der Waals surface area contributed by atoms with E-state index in [0.29, 0.717) is 10.8 Å². The number of alkyl halides is 3. The number of hydrogen-bond donors (Lipinski definition) is 1. The van der Waals surface area contributed by atoms with Crippen LogP contribution in [0.2, 0.25) is 0 Å². The van der Waals surface area contributed by atoms with Crippen LogP contribution in [0.3, 0.4) is 0 Å². The third-order valence-corrected chi connectivity index (χ3v) is 5.89. The van der Waals surface area contributed by atoms with Gasteiger partial charge in [0.05, 0.1) is 11.3 Å². The molecule has 2 atom stereocenters. The van der Waals surface area contributed by atoms with E-state index in [-0.39, 0.29) is 5.69 Å². The van der Waals surface area contributed by atoms with Gasteiger partial charge in [-0.1, -0.05) is 19.1 Å². The average molecular weight is 411 g/mol. The van der Waals surface area contributed by atoms with Crippen LogP contribution in [-0.4, -0.2) is 18.0 Å². The minimum Gasteiger partial charge on any atom is -0.448 e. The van der Waals surface area contributed by atoms with E-state index < -0.39 is 29.7 Å². The summed E-state index contributed by atoms with van der Waals surface area (Å²) >= 11 is 1.35. The molecule has 1 N–H and O–H groups in total. The molecule has 150 valence electrons. The van der Waals surface area contributed by atoms with Crippen LogP contribution in [-0.2, 0) is 28.5 Å². The molecule has 1 aliphatic carbocycles. The molecular weight excluding hydrogens is 391 g/mol. The largest absolute Gasteiger partial charge is 0.448 e. The summed E-state index contributed by atoms with van der Waals surface area (Å²) in [5.41, 5.74) is -0.197. The smallest absolute Gasteiger partial charge is 0.418 e. The summed E-state index contributed by atoms with van der Waals surface area (Å²) in [6, 6.07) is 6.45. The van der Waals surface area contributed by atoms with Gasteiger partial charge in [0.25, 0.3) is 5.91 Å². The fourth-order valence-corrected chi connectivity index (χ4v) is 4.24. The summed E-state index contributed by atoms with van der Waals surface area (Å²) in [5.74, 6) is -0.900. The Balaban J connectivity index is 1.66. The van der Waals surface area contributed by atoms with Crippen molar-refractivity contribution in [2.75, 3.05) is 5.32 Å². The SMILES string of the molecule is C[C@H]1CCc2sc(C(=O)O[C@H](C)C(=O)Nc3ccccc3C(F)(F)F)cc2C1. The number of hydrogen-bond acceptors (Lipinski definition) is 4. The molecule has 0 saturated heterocycles. The van der Waals surface area contributed by atoms with Gasteiger partial charge in [-0.2, -0.15) is 13.2 Å². The molecule has 1 aromatic heterocycles. The highest BCUT2D eigenvalue weighted by atomic mass is 32.1. The molecule has 0 aliphatic heterocycles. The number of fused-ring (bicyclic) bond motifs is 1. The van der Waals surface area contributed by atoms with Crippen molar-refractivity contribution in [1.29, 1.82) is 0 Å². The van der Waals surface area contributed by atoms with Gasteiger partial charge < -0.3 is 10.1 Å². The molecule has 0 fully saturated rings. The van der Waals surface area contributed by atoms with Crippen LogP contribution in [0.15, 0.2) is 30.3 Å². The Bertz CT molecular complexity index is 891. The highest BCUT2D eigenvalue weighted by Gasteiger charge is 2.34. The monoisotopic (exact) mass is 411 g/mol. The number of halogens is 3. The number of rotatable bonds is 4. The number of carbonyl (C=O) groups is 2. The maximum atomic E-state index is 13.0. The molecular formula is C20H20F3NO3S. The number of thiophene rings is 1. The predicted molar refractivity (Wildman–Crippen MR) is 100 cm³/mol. The Labute approximate surface area is 164 Å². The molecule has 8 heteroatoms. The van der Waals surface area contributed by atoms with Gasteiger partial charge in [0, 0.05) is 4.88 Å². The number of anilines is 1. The molecule has 0 unspecified atom stereocenters. The molecule has 3 rings (SSSR count). The number of benzene rings is 1. The van der Waals surface area contributed by atoms with Crippen LogP contribution < -0.4 is 5.32 Å². The Hall–Kier alpha value is -2.35. The van der Waals surface area contributed by atoms with Crippen LogP contribution in [0, 0.1) is 5.92 Å². The van der Waals surface area contributed by atoms with Gasteiger partial charge >= 0.3 is 12.1 Å². The first-order valence-corrected chi connectivity index (χ1v) is 9.76. The van der Waals surface area contributed by atoms with Crippen molar-refractivity contribution >= 4 is 28.9 Å². The second-order valence-electron chi connectivity index (χ2n) is 6.99. The molecule has 0 bridgehead atoms. The molecule has 0 spiro atoms. The number of esters is 1. The Morgan fingerprint density at radius 1 is 1.29 bits per heavy atom. The zero-order valence-corrected chi connectivity index (χ0v) is 16.2. The number of para-hydroxylation sites is 1. The van der Waals surface area contributed by atoms with Gasteiger partial charge in [-0.15, -0.1) is 11.3 Å². The number of carbonyl (C=O) groups excluding carboxylic acids is 2. The van der Waals surface area contributed by atoms with E-state index >= 15 is 0 Å². The normalized spacial score (nSPS) is 17.5. The van der Waals surface area contributed by atoms with Crippen molar-refractivity contribution in [1.82, 2.24) is 0 Å². The molecule has 0 saturated carbocycles. The molecule has 1 heterocycles. The zero-order valence-electron chi connectivity index (χ0n) is 15.4. The van der Waals surface area contributed by atoms with E-state index in [1.807, 2.05) is 0 Å². The van der Waals surface area contributed by atoms with Gasteiger partial charge in [0.2, 0.25) is 0 Å². The Kier molecular flexibility index (Phi) is 5.79. The standard InChI is InChI=1S/C20H20F3NO3S/c1-11-7-8-16-13(9-11)10-17(28-16)19(26)27-12(2)18(25)24-15-6-4-3-5-14(15)20(21,22)23/h3-6,10-12H,7-9H2,1-2H3,(H,24,25)/t11-,12+/m0/s1. The highest BCUT2D eigenvalue weighted by Crippen LogP contribution is 2.35. The second-order valence-corrected chi connectivity index (χ2v) is 8.12. The molecule has 1 amide bonds. The van der Waals surface area contributed by atoms with Gasteiger partial charge in [0.1, 0.15) is 4.88 Å². The van der Waals surface area contributed by atoms with Crippen molar-refractivity contribution in [3.05, 3.63) is 51.2 Å². The zero-order chi connectivity index (χ0) is 20.5. The van der Waals surface area contributed by atoms with E-state index in [4.69, 9.17) is 4.74 Å². The lowest BCUT2D eigenvalue weighted by Crippen LogP contribution is -2.30. The van der Waals surface area contributed by atoms with E-state index in [1.54, 1.807) is 6.07 Å². The van der Waals surface area contributed by atoms with Crippen molar-refractivity contribution < 1.29 is 27.5 Å². The Morgan fingerprint density at radius 2 is 2.00 bits per heavy atom. The third-order valence-electron chi connectivity index (χ3n) is 4.67. The maximum Gasteiger partial charge on any atom is 0.418 e. The molecule has 2 aromatic rings. The van der Waals surface area contributed by atoms with Crippen molar-refractivity contribution in [3.8, 4) is 0 Å². The number of amides is 1. The first-order chi connectivity index (χ1) is 13.1. The van der Waals surface area contributed by atoms with Crippen molar-refractivity contribution in [3.63, 3.8) is 0 Å². The fourth-order valence-electron chi connectivity index (χ4n) is 3.15. The number of aryl methyl sites for hydroxylation is 1. The minimum absolute atomic E-state index is 0.372. The summed E-state index contributed by atoms with van der Waals surface area (Å²) in [6.07, 6.45) is -2.94. The number of ether oxygens (including phenoxy) is 1. The van der Waals surface area contributed by atoms with Crippen LogP contribution in [0.5, 0.6) is 0 Å². The van der Waals surface area contributed by atoms with E-state index in [1.165, 1.54) is 30.4 Å². The third kappa shape index (κ3) is 4.55. The van der Waals surface area contributed by atoms with E-state index in [9.17, 15) is 22.8 Å². The van der Waals surface area contributed by atoms with Crippen LogP contribution in [0.4, 0.5) is 18.9 Å². The maximum absolute atomic E-state index is 13.0. The van der Waals surface area contributed by atoms with Crippen LogP contribution in [0.25, 0.3) is 0 Å². The van der Waals surface area contributed by atoms with Gasteiger partial charge in [0.15, 0.2) is 6.10 Å². The van der Waals surface area contributed by atoms with Gasteiger partial charge in [-0.05, 0) is 55.9 Å². The molecule has 0 radical (unpaired) electrons. The minimum atomic E-state index is -4.60. The average Bonchev–Trinajstić information content (AvgIpc) is 3.04. The summed E-state index contributed by atoms with van der Waals surface area (Å²) < 4.78 is 44.3. The van der Waals surface area contributed by atoms with Crippen molar-refractivity contribution in [2.24, 2.45) is 5.92 Å². The quantitative estimate of drug-likeness (QED) is 0.714. The van der Waals surface area contributed by atoms with E-state index in [2.05, 4.69) is 12.2 Å². The van der Waals surface area contributed by atoms with Gasteiger partial charge in [-0.3, -0.25) is 4.79 Å². The summed E-state index contributed by atoms with van der Waals surface area (Å²) in [6.45, 7) is 3.49. The topological polar surface area (TPSA) is 55.4 Å². The fraction of sp³-hybridized carbons (Fsp3) is 0.400. The predicted octanol–water partition coefficient (Wildman–Crippen LogP) is 5.08. The lowest BCUT2D eigenvalue weighted by Gasteiger charge is -2.16. The molecule has 4 nitrogen and oxygen atoms in total. The van der Waals surface area contributed by atoms with Crippen molar-refractivity contribution in [2.45, 2.75) is 45.4 Å². The Morgan fingerprint density at radius 3 is 2.71 bits per heavy atom.